The van der Waals surface area contributed by atoms with E-state index in [4.69, 9.17) is 4.74 Å². The van der Waals surface area contributed by atoms with Crippen molar-refractivity contribution in [2.24, 2.45) is 5.10 Å². The highest BCUT2D eigenvalue weighted by atomic mass is 32.1. The number of hydrazone groups is 1. The molecule has 2 rings (SSSR count). The molecule has 0 radical (unpaired) electrons. The number of thiazole rings is 1. The predicted molar refractivity (Wildman–Crippen MR) is 94.9 cm³/mol. The summed E-state index contributed by atoms with van der Waals surface area (Å²) in [5.74, 6) is 0.831. The third-order valence-electron chi connectivity index (χ3n) is 3.15. The number of para-hydroxylation sites is 1. The molecule has 0 unspecified atom stereocenters. The molecule has 0 amide bonds. The fourth-order valence-corrected chi connectivity index (χ4v) is 2.78. The van der Waals surface area contributed by atoms with E-state index in [-0.39, 0.29) is 5.78 Å². The van der Waals surface area contributed by atoms with Crippen molar-refractivity contribution >= 4 is 28.5 Å². The molecular weight excluding hydrogens is 310 g/mol. The Kier molecular flexibility index (Phi) is 6.29. The van der Waals surface area contributed by atoms with Gasteiger partial charge in [-0.3, -0.25) is 10.2 Å². The number of unbranched alkanes of at least 4 members (excludes halogenated alkanes) is 1. The van der Waals surface area contributed by atoms with Gasteiger partial charge < -0.3 is 4.74 Å². The number of carbonyl (C=O) groups excluding carboxylic acids is 1. The number of aryl methyl sites for hydroxylation is 1. The van der Waals surface area contributed by atoms with E-state index in [0.717, 1.165) is 29.8 Å². The highest BCUT2D eigenvalue weighted by Gasteiger charge is 2.10. The van der Waals surface area contributed by atoms with Crippen LogP contribution < -0.4 is 10.2 Å². The topological polar surface area (TPSA) is 63.6 Å². The SMILES string of the molecule is CCCCOc1ccccc1/C=N\Nc1nc(C)c(C(C)=O)s1. The first kappa shape index (κ1) is 17.1. The van der Waals surface area contributed by atoms with Gasteiger partial charge in [0.1, 0.15) is 5.75 Å². The van der Waals surface area contributed by atoms with Crippen LogP contribution in [0.15, 0.2) is 29.4 Å². The number of carbonyl (C=O) groups is 1. The van der Waals surface area contributed by atoms with Crippen molar-refractivity contribution in [3.63, 3.8) is 0 Å². The minimum absolute atomic E-state index is 0.0201. The number of ether oxygens (including phenoxy) is 1. The second-order valence-electron chi connectivity index (χ2n) is 5.10. The largest absolute Gasteiger partial charge is 0.493 e. The Bertz CT molecular complexity index is 695. The molecule has 122 valence electrons. The minimum Gasteiger partial charge on any atom is -0.493 e. The van der Waals surface area contributed by atoms with Gasteiger partial charge in [-0.2, -0.15) is 5.10 Å². The van der Waals surface area contributed by atoms with Gasteiger partial charge in [-0.1, -0.05) is 36.8 Å². The first-order valence-electron chi connectivity index (χ1n) is 7.61. The van der Waals surface area contributed by atoms with Crippen LogP contribution in [0.25, 0.3) is 0 Å². The first-order chi connectivity index (χ1) is 11.1. The lowest BCUT2D eigenvalue weighted by Crippen LogP contribution is -2.00. The van der Waals surface area contributed by atoms with Crippen LogP contribution in [0.1, 0.15) is 47.6 Å². The summed E-state index contributed by atoms with van der Waals surface area (Å²) in [6.45, 7) is 6.19. The molecule has 0 spiro atoms. The smallest absolute Gasteiger partial charge is 0.204 e. The molecule has 1 aromatic carbocycles. The third kappa shape index (κ3) is 4.89. The molecule has 5 nitrogen and oxygen atoms in total. The standard InChI is InChI=1S/C17H21N3O2S/c1-4-5-10-22-15-9-7-6-8-14(15)11-18-20-17-19-12(2)16(23-17)13(3)21/h6-9,11H,4-5,10H2,1-3H3,(H,19,20)/b18-11-. The number of nitrogens with one attached hydrogen (secondary N) is 1. The second-order valence-corrected chi connectivity index (χ2v) is 6.10. The molecule has 0 atom stereocenters. The lowest BCUT2D eigenvalue weighted by atomic mass is 10.2. The van der Waals surface area contributed by atoms with Crippen LogP contribution in [0.2, 0.25) is 0 Å². The quantitative estimate of drug-likeness (QED) is 0.339. The predicted octanol–water partition coefficient (Wildman–Crippen LogP) is 4.28. The summed E-state index contributed by atoms with van der Waals surface area (Å²) in [6, 6.07) is 7.75. The molecule has 6 heteroatoms. The number of anilines is 1. The van der Waals surface area contributed by atoms with E-state index in [9.17, 15) is 4.79 Å². The van der Waals surface area contributed by atoms with E-state index in [1.807, 2.05) is 31.2 Å². The van der Waals surface area contributed by atoms with Crippen LogP contribution in [0, 0.1) is 6.92 Å². The summed E-state index contributed by atoms with van der Waals surface area (Å²) < 4.78 is 5.76. The molecule has 0 bridgehead atoms. The number of Topliss-reactive ketones (excluding diaryl/α,β-unsaturated/α-hetero) is 1. The Morgan fingerprint density at radius 1 is 1.43 bits per heavy atom. The molecule has 23 heavy (non-hydrogen) atoms. The van der Waals surface area contributed by atoms with Gasteiger partial charge in [0, 0.05) is 12.5 Å². The summed E-state index contributed by atoms with van der Waals surface area (Å²) in [6.07, 6.45) is 3.82. The summed E-state index contributed by atoms with van der Waals surface area (Å²) in [7, 11) is 0. The minimum atomic E-state index is 0.0201. The number of ketones is 1. The maximum Gasteiger partial charge on any atom is 0.204 e. The van der Waals surface area contributed by atoms with E-state index in [1.165, 1.54) is 18.3 Å². The van der Waals surface area contributed by atoms with Gasteiger partial charge in [-0.25, -0.2) is 4.98 Å². The average molecular weight is 331 g/mol. The van der Waals surface area contributed by atoms with Crippen LogP contribution in [0.3, 0.4) is 0 Å². The Balaban J connectivity index is 2.03. The van der Waals surface area contributed by atoms with E-state index < -0.39 is 0 Å². The number of benzene rings is 1. The molecule has 0 aliphatic rings. The third-order valence-corrected chi connectivity index (χ3v) is 4.32. The van der Waals surface area contributed by atoms with E-state index >= 15 is 0 Å². The van der Waals surface area contributed by atoms with Crippen molar-refractivity contribution in [2.45, 2.75) is 33.6 Å². The lowest BCUT2D eigenvalue weighted by Gasteiger charge is -2.07. The van der Waals surface area contributed by atoms with Crippen LogP contribution in [0.5, 0.6) is 5.75 Å². The molecule has 1 N–H and O–H groups in total. The van der Waals surface area contributed by atoms with Crippen LogP contribution in [-0.2, 0) is 0 Å². The van der Waals surface area contributed by atoms with E-state index in [2.05, 4.69) is 22.4 Å². The number of rotatable bonds is 8. The monoisotopic (exact) mass is 331 g/mol. The van der Waals surface area contributed by atoms with E-state index in [1.54, 1.807) is 6.21 Å². The van der Waals surface area contributed by atoms with Crippen molar-refractivity contribution in [2.75, 3.05) is 12.0 Å². The Morgan fingerprint density at radius 2 is 2.22 bits per heavy atom. The molecule has 2 aromatic rings. The van der Waals surface area contributed by atoms with Crippen LogP contribution in [-0.4, -0.2) is 23.6 Å². The second kappa shape index (κ2) is 8.43. The fourth-order valence-electron chi connectivity index (χ4n) is 1.97. The van der Waals surface area contributed by atoms with Crippen LogP contribution >= 0.6 is 11.3 Å². The van der Waals surface area contributed by atoms with Gasteiger partial charge in [0.15, 0.2) is 5.78 Å². The molecule has 0 aliphatic heterocycles. The molecular formula is C17H21N3O2S. The molecule has 0 fully saturated rings. The van der Waals surface area contributed by atoms with Crippen molar-refractivity contribution in [1.82, 2.24) is 4.98 Å². The molecule has 0 saturated heterocycles. The maximum absolute atomic E-state index is 11.4. The molecule has 1 aromatic heterocycles. The summed E-state index contributed by atoms with van der Waals surface area (Å²) >= 11 is 1.31. The maximum atomic E-state index is 11.4. The lowest BCUT2D eigenvalue weighted by molar-refractivity contribution is 0.102. The van der Waals surface area contributed by atoms with Crippen molar-refractivity contribution in [3.8, 4) is 5.75 Å². The zero-order chi connectivity index (χ0) is 16.7. The number of nitrogens with zero attached hydrogens (tertiary/aromatic N) is 2. The van der Waals surface area contributed by atoms with Crippen molar-refractivity contribution in [1.29, 1.82) is 0 Å². The average Bonchev–Trinajstić information content (AvgIpc) is 2.90. The highest BCUT2D eigenvalue weighted by molar-refractivity contribution is 7.17. The zero-order valence-corrected chi connectivity index (χ0v) is 14.4. The van der Waals surface area contributed by atoms with Crippen molar-refractivity contribution in [3.05, 3.63) is 40.4 Å². The van der Waals surface area contributed by atoms with E-state index in [0.29, 0.717) is 16.6 Å². The number of aromatic nitrogens is 1. The Morgan fingerprint density at radius 3 is 2.91 bits per heavy atom. The number of hydrogen-bond acceptors (Lipinski definition) is 6. The first-order valence-corrected chi connectivity index (χ1v) is 8.42. The summed E-state index contributed by atoms with van der Waals surface area (Å²) in [4.78, 5) is 16.4. The zero-order valence-electron chi connectivity index (χ0n) is 13.6. The van der Waals surface area contributed by atoms with Crippen molar-refractivity contribution < 1.29 is 9.53 Å². The molecule has 0 saturated carbocycles. The molecule has 0 aliphatic carbocycles. The van der Waals surface area contributed by atoms with Gasteiger partial charge in [-0.15, -0.1) is 0 Å². The van der Waals surface area contributed by atoms with Gasteiger partial charge in [0.2, 0.25) is 5.13 Å². The van der Waals surface area contributed by atoms with Gasteiger partial charge in [0.05, 0.1) is 23.4 Å². The Labute approximate surface area is 140 Å². The normalized spacial score (nSPS) is 10.9. The number of hydrogen-bond donors (Lipinski definition) is 1. The van der Waals surface area contributed by atoms with Gasteiger partial charge in [-0.05, 0) is 25.5 Å². The Hall–Kier alpha value is -2.21. The summed E-state index contributed by atoms with van der Waals surface area (Å²) in [5, 5.41) is 4.80. The van der Waals surface area contributed by atoms with Crippen LogP contribution in [0.4, 0.5) is 5.13 Å². The highest BCUT2D eigenvalue weighted by Crippen LogP contribution is 2.23. The molecule has 1 heterocycles. The van der Waals surface area contributed by atoms with Gasteiger partial charge >= 0.3 is 0 Å². The fraction of sp³-hybridized carbons (Fsp3) is 0.353. The summed E-state index contributed by atoms with van der Waals surface area (Å²) in [5.41, 5.74) is 4.50. The van der Waals surface area contributed by atoms with Gasteiger partial charge in [0.25, 0.3) is 0 Å².